The van der Waals surface area contributed by atoms with E-state index in [1.54, 1.807) is 13.1 Å². The molecule has 2 N–H and O–H groups in total. The van der Waals surface area contributed by atoms with Crippen LogP contribution < -0.4 is 10.6 Å². The van der Waals surface area contributed by atoms with E-state index in [2.05, 4.69) is 25.8 Å². The van der Waals surface area contributed by atoms with Gasteiger partial charge in [0.2, 0.25) is 5.89 Å². The molecule has 1 aromatic heterocycles. The fraction of sp³-hybridized carbons (Fsp3) is 0.571. The Morgan fingerprint density at radius 3 is 2.60 bits per heavy atom. The number of hydrogen-bond donors (Lipinski definition) is 2. The van der Waals surface area contributed by atoms with Crippen LogP contribution in [0.4, 0.5) is 13.2 Å². The molecule has 0 unspecified atom stereocenters. The quantitative estimate of drug-likeness (QED) is 0.519. The first-order chi connectivity index (χ1) is 14.2. The number of alkyl halides is 3. The van der Waals surface area contributed by atoms with Crippen molar-refractivity contribution in [3.05, 3.63) is 47.1 Å². The highest BCUT2D eigenvalue weighted by atomic mass is 19.4. The maximum atomic E-state index is 13.1. The first-order valence-electron chi connectivity index (χ1n) is 10.2. The number of guanidine groups is 1. The van der Waals surface area contributed by atoms with Crippen LogP contribution in [0.3, 0.4) is 0 Å². The van der Waals surface area contributed by atoms with Crippen molar-refractivity contribution in [2.24, 2.45) is 4.99 Å². The Morgan fingerprint density at radius 2 is 2.03 bits per heavy atom. The second-order valence-electron chi connectivity index (χ2n) is 8.02. The number of benzene rings is 1. The number of nitrogens with one attached hydrogen (secondary N) is 2. The predicted molar refractivity (Wildman–Crippen MR) is 108 cm³/mol. The molecule has 2 aromatic rings. The molecule has 1 aliphatic carbocycles. The number of aliphatic imine (C=N–C) groups is 1. The molecule has 1 fully saturated rings. The standard InChI is InChI=1S/C21H28F3N5O/c1-14(2)18-28-17(30-29-18)8-11-26-19(25-3)27-13-20(9-5-10-20)15-6-4-7-16(12-15)21(22,23)24/h4,6-7,12,14H,5,8-11,13H2,1-3H3,(H2,25,26,27). The number of rotatable bonds is 7. The van der Waals surface area contributed by atoms with Crippen LogP contribution in [0.1, 0.15) is 61.9 Å². The van der Waals surface area contributed by atoms with Crippen LogP contribution >= 0.6 is 0 Å². The SMILES string of the molecule is CN=C(NCCc1nc(C(C)C)no1)NCC1(c2cccc(C(F)(F)F)c2)CCC1. The van der Waals surface area contributed by atoms with Crippen LogP contribution in [0.15, 0.2) is 33.8 Å². The molecule has 3 rings (SSSR count). The molecule has 0 radical (unpaired) electrons. The summed E-state index contributed by atoms with van der Waals surface area (Å²) in [6.07, 6.45) is -1.09. The van der Waals surface area contributed by atoms with E-state index in [1.807, 2.05) is 13.8 Å². The van der Waals surface area contributed by atoms with Gasteiger partial charge in [-0.1, -0.05) is 43.6 Å². The van der Waals surface area contributed by atoms with E-state index < -0.39 is 11.7 Å². The molecule has 30 heavy (non-hydrogen) atoms. The van der Waals surface area contributed by atoms with Crippen LogP contribution in [-0.4, -0.2) is 36.2 Å². The first-order valence-corrected chi connectivity index (χ1v) is 10.2. The molecule has 6 nitrogen and oxygen atoms in total. The second kappa shape index (κ2) is 9.06. The van der Waals surface area contributed by atoms with E-state index in [0.29, 0.717) is 37.2 Å². The van der Waals surface area contributed by atoms with Crippen molar-refractivity contribution < 1.29 is 17.7 Å². The molecule has 1 heterocycles. The molecule has 0 atom stereocenters. The summed E-state index contributed by atoms with van der Waals surface area (Å²) >= 11 is 0. The molecule has 0 saturated heterocycles. The van der Waals surface area contributed by atoms with Crippen molar-refractivity contribution in [3.63, 3.8) is 0 Å². The van der Waals surface area contributed by atoms with Crippen LogP contribution in [0, 0.1) is 0 Å². The molecule has 0 bridgehead atoms. The first kappa shape index (κ1) is 22.1. The molecule has 0 aliphatic heterocycles. The van der Waals surface area contributed by atoms with E-state index in [9.17, 15) is 13.2 Å². The molecule has 164 valence electrons. The minimum atomic E-state index is -4.34. The summed E-state index contributed by atoms with van der Waals surface area (Å²) in [5, 5.41) is 10.4. The third-order valence-electron chi connectivity index (χ3n) is 5.56. The maximum absolute atomic E-state index is 13.1. The average Bonchev–Trinajstić information content (AvgIpc) is 3.14. The van der Waals surface area contributed by atoms with Gasteiger partial charge in [0.25, 0.3) is 0 Å². The van der Waals surface area contributed by atoms with Crippen molar-refractivity contribution >= 4 is 5.96 Å². The summed E-state index contributed by atoms with van der Waals surface area (Å²) in [5.41, 5.74) is -0.190. The van der Waals surface area contributed by atoms with Gasteiger partial charge in [0.05, 0.1) is 5.56 Å². The monoisotopic (exact) mass is 423 g/mol. The highest BCUT2D eigenvalue weighted by molar-refractivity contribution is 5.79. The highest BCUT2D eigenvalue weighted by Crippen LogP contribution is 2.44. The smallest absolute Gasteiger partial charge is 0.356 e. The maximum Gasteiger partial charge on any atom is 0.416 e. The summed E-state index contributed by atoms with van der Waals surface area (Å²) in [6, 6.07) is 5.67. The molecule has 0 spiro atoms. The molecule has 1 saturated carbocycles. The van der Waals surface area contributed by atoms with Crippen molar-refractivity contribution in [3.8, 4) is 0 Å². The molecular weight excluding hydrogens is 395 g/mol. The fourth-order valence-corrected chi connectivity index (χ4v) is 3.56. The Hall–Kier alpha value is -2.58. The van der Waals surface area contributed by atoms with E-state index in [0.717, 1.165) is 30.9 Å². The summed E-state index contributed by atoms with van der Waals surface area (Å²) in [5.74, 6) is 2.04. The van der Waals surface area contributed by atoms with Gasteiger partial charge in [-0.2, -0.15) is 18.2 Å². The number of hydrogen-bond acceptors (Lipinski definition) is 4. The Labute approximate surface area is 174 Å². The number of nitrogens with zero attached hydrogens (tertiary/aromatic N) is 3. The van der Waals surface area contributed by atoms with Gasteiger partial charge in [0.1, 0.15) is 0 Å². The lowest BCUT2D eigenvalue weighted by molar-refractivity contribution is -0.137. The normalized spacial score (nSPS) is 16.4. The minimum Gasteiger partial charge on any atom is -0.356 e. The zero-order chi connectivity index (χ0) is 21.8. The summed E-state index contributed by atoms with van der Waals surface area (Å²) < 4.78 is 44.6. The van der Waals surface area contributed by atoms with Gasteiger partial charge in [0, 0.05) is 37.9 Å². The van der Waals surface area contributed by atoms with E-state index in [4.69, 9.17) is 4.52 Å². The highest BCUT2D eigenvalue weighted by Gasteiger charge is 2.40. The van der Waals surface area contributed by atoms with Gasteiger partial charge in [0.15, 0.2) is 11.8 Å². The van der Waals surface area contributed by atoms with E-state index in [1.165, 1.54) is 12.1 Å². The Morgan fingerprint density at radius 1 is 1.27 bits per heavy atom. The molecular formula is C21H28F3N5O. The van der Waals surface area contributed by atoms with E-state index in [-0.39, 0.29) is 11.3 Å². The Bertz CT molecular complexity index is 872. The van der Waals surface area contributed by atoms with Crippen LogP contribution in [0.5, 0.6) is 0 Å². The zero-order valence-corrected chi connectivity index (χ0v) is 17.5. The third-order valence-corrected chi connectivity index (χ3v) is 5.56. The van der Waals surface area contributed by atoms with E-state index >= 15 is 0 Å². The molecule has 1 aromatic carbocycles. The zero-order valence-electron chi connectivity index (χ0n) is 17.5. The Balaban J connectivity index is 1.56. The van der Waals surface area contributed by atoms with Gasteiger partial charge >= 0.3 is 6.18 Å². The lowest BCUT2D eigenvalue weighted by Crippen LogP contribution is -2.49. The van der Waals surface area contributed by atoms with Crippen LogP contribution in [0.25, 0.3) is 0 Å². The van der Waals surface area contributed by atoms with Gasteiger partial charge in [-0.05, 0) is 24.5 Å². The lowest BCUT2D eigenvalue weighted by atomic mass is 9.64. The molecule has 9 heteroatoms. The Kier molecular flexibility index (Phi) is 6.67. The average molecular weight is 423 g/mol. The number of aromatic nitrogens is 2. The third kappa shape index (κ3) is 5.12. The van der Waals surface area contributed by atoms with Gasteiger partial charge < -0.3 is 15.2 Å². The molecule has 1 aliphatic rings. The fourth-order valence-electron chi connectivity index (χ4n) is 3.56. The number of halogens is 3. The van der Waals surface area contributed by atoms with Gasteiger partial charge in [-0.15, -0.1) is 0 Å². The lowest BCUT2D eigenvalue weighted by Gasteiger charge is -2.43. The second-order valence-corrected chi connectivity index (χ2v) is 8.02. The van der Waals surface area contributed by atoms with Crippen molar-refractivity contribution in [1.29, 1.82) is 0 Å². The largest absolute Gasteiger partial charge is 0.416 e. The summed E-state index contributed by atoms with van der Waals surface area (Å²) in [7, 11) is 1.66. The summed E-state index contributed by atoms with van der Waals surface area (Å²) in [6.45, 7) is 5.07. The van der Waals surface area contributed by atoms with Crippen LogP contribution in [0.2, 0.25) is 0 Å². The minimum absolute atomic E-state index is 0.208. The topological polar surface area (TPSA) is 75.3 Å². The van der Waals surface area contributed by atoms with Crippen molar-refractivity contribution in [2.45, 2.75) is 57.0 Å². The summed E-state index contributed by atoms with van der Waals surface area (Å²) in [4.78, 5) is 8.55. The predicted octanol–water partition coefficient (Wildman–Crippen LogP) is 4.04. The van der Waals surface area contributed by atoms with Crippen LogP contribution in [-0.2, 0) is 18.0 Å². The van der Waals surface area contributed by atoms with Gasteiger partial charge in [-0.25, -0.2) is 0 Å². The van der Waals surface area contributed by atoms with Gasteiger partial charge in [-0.3, -0.25) is 4.99 Å². The van der Waals surface area contributed by atoms with Crippen molar-refractivity contribution in [2.75, 3.05) is 20.1 Å². The molecule has 0 amide bonds. The van der Waals surface area contributed by atoms with Crippen molar-refractivity contribution in [1.82, 2.24) is 20.8 Å².